The Bertz CT molecular complexity index is 351. The summed E-state index contributed by atoms with van der Waals surface area (Å²) in [4.78, 5) is 4.09. The van der Waals surface area contributed by atoms with Crippen molar-refractivity contribution in [3.63, 3.8) is 0 Å². The van der Waals surface area contributed by atoms with Crippen molar-refractivity contribution in [2.45, 2.75) is 6.92 Å². The third-order valence-electron chi connectivity index (χ3n) is 1.43. The van der Waals surface area contributed by atoms with Crippen LogP contribution in [0.3, 0.4) is 0 Å². The molecular formula is C7H8N4S. The van der Waals surface area contributed by atoms with Crippen LogP contribution >= 0.6 is 11.3 Å². The van der Waals surface area contributed by atoms with Crippen molar-refractivity contribution in [2.24, 2.45) is 0 Å². The first-order valence-corrected chi connectivity index (χ1v) is 4.31. The molecule has 12 heavy (non-hydrogen) atoms. The monoisotopic (exact) mass is 180 g/mol. The number of nitrogen functional groups attached to an aromatic ring is 1. The van der Waals surface area contributed by atoms with Crippen molar-refractivity contribution < 1.29 is 0 Å². The highest BCUT2D eigenvalue weighted by Crippen LogP contribution is 2.17. The molecule has 0 radical (unpaired) electrons. The zero-order valence-electron chi connectivity index (χ0n) is 6.56. The van der Waals surface area contributed by atoms with Gasteiger partial charge in [-0.2, -0.15) is 5.10 Å². The average molecular weight is 180 g/mol. The molecule has 2 heterocycles. The van der Waals surface area contributed by atoms with Crippen molar-refractivity contribution in [1.82, 2.24) is 14.8 Å². The SMILES string of the molecule is Cc1ccn(-c2ncc(N)s2)n1. The first-order valence-electron chi connectivity index (χ1n) is 3.49. The molecule has 0 saturated heterocycles. The summed E-state index contributed by atoms with van der Waals surface area (Å²) in [6.45, 7) is 1.94. The van der Waals surface area contributed by atoms with Crippen molar-refractivity contribution in [3.05, 3.63) is 24.2 Å². The van der Waals surface area contributed by atoms with E-state index in [9.17, 15) is 0 Å². The summed E-state index contributed by atoms with van der Waals surface area (Å²) < 4.78 is 1.72. The van der Waals surface area contributed by atoms with Gasteiger partial charge in [-0.3, -0.25) is 0 Å². The molecule has 62 valence electrons. The molecule has 0 saturated carbocycles. The van der Waals surface area contributed by atoms with E-state index in [2.05, 4.69) is 10.1 Å². The van der Waals surface area contributed by atoms with E-state index in [0.29, 0.717) is 5.00 Å². The molecule has 0 amide bonds. The minimum absolute atomic E-state index is 0.707. The largest absolute Gasteiger partial charge is 0.389 e. The second-order valence-electron chi connectivity index (χ2n) is 2.45. The van der Waals surface area contributed by atoms with Gasteiger partial charge in [0.15, 0.2) is 0 Å². The first-order chi connectivity index (χ1) is 5.75. The lowest BCUT2D eigenvalue weighted by molar-refractivity contribution is 0.853. The maximum Gasteiger partial charge on any atom is 0.212 e. The molecule has 2 rings (SSSR count). The van der Waals surface area contributed by atoms with Gasteiger partial charge in [0.05, 0.1) is 11.9 Å². The molecule has 2 aromatic heterocycles. The van der Waals surface area contributed by atoms with E-state index in [1.165, 1.54) is 11.3 Å². The smallest absolute Gasteiger partial charge is 0.212 e. The van der Waals surface area contributed by atoms with E-state index in [1.807, 2.05) is 19.2 Å². The van der Waals surface area contributed by atoms with Gasteiger partial charge in [0.2, 0.25) is 5.13 Å². The van der Waals surface area contributed by atoms with Crippen molar-refractivity contribution in [2.75, 3.05) is 5.73 Å². The van der Waals surface area contributed by atoms with Crippen molar-refractivity contribution in [3.8, 4) is 5.13 Å². The number of rotatable bonds is 1. The molecule has 0 aliphatic carbocycles. The van der Waals surface area contributed by atoms with Crippen LogP contribution in [0.25, 0.3) is 5.13 Å². The van der Waals surface area contributed by atoms with Crippen LogP contribution in [0.4, 0.5) is 5.00 Å². The van der Waals surface area contributed by atoms with Crippen LogP contribution < -0.4 is 5.73 Å². The highest BCUT2D eigenvalue weighted by atomic mass is 32.1. The molecule has 0 aliphatic heterocycles. The van der Waals surface area contributed by atoms with E-state index in [0.717, 1.165) is 10.8 Å². The van der Waals surface area contributed by atoms with Crippen molar-refractivity contribution in [1.29, 1.82) is 0 Å². The molecule has 0 aromatic carbocycles. The van der Waals surface area contributed by atoms with Gasteiger partial charge in [-0.1, -0.05) is 11.3 Å². The molecule has 0 aliphatic rings. The normalized spacial score (nSPS) is 10.4. The van der Waals surface area contributed by atoms with Gasteiger partial charge in [0, 0.05) is 6.20 Å². The summed E-state index contributed by atoms with van der Waals surface area (Å²) in [7, 11) is 0. The van der Waals surface area contributed by atoms with Gasteiger partial charge in [-0.25, -0.2) is 9.67 Å². The van der Waals surface area contributed by atoms with Gasteiger partial charge < -0.3 is 5.73 Å². The van der Waals surface area contributed by atoms with Crippen molar-refractivity contribution >= 4 is 16.3 Å². The summed E-state index contributed by atoms with van der Waals surface area (Å²) in [5.74, 6) is 0. The molecule has 2 aromatic rings. The number of hydrogen-bond donors (Lipinski definition) is 1. The number of anilines is 1. The number of nitrogens with zero attached hydrogens (tertiary/aromatic N) is 3. The minimum atomic E-state index is 0.707. The Hall–Kier alpha value is -1.36. The molecule has 0 bridgehead atoms. The predicted molar refractivity (Wildman–Crippen MR) is 48.4 cm³/mol. The fraction of sp³-hybridized carbons (Fsp3) is 0.143. The second kappa shape index (κ2) is 2.60. The first kappa shape index (κ1) is 7.30. The number of aryl methyl sites for hydroxylation is 1. The molecule has 4 nitrogen and oxygen atoms in total. The Morgan fingerprint density at radius 2 is 2.42 bits per heavy atom. The topological polar surface area (TPSA) is 56.7 Å². The van der Waals surface area contributed by atoms with Crippen LogP contribution in [-0.2, 0) is 0 Å². The summed E-state index contributed by atoms with van der Waals surface area (Å²) in [6.07, 6.45) is 3.50. The van der Waals surface area contributed by atoms with E-state index in [4.69, 9.17) is 5.73 Å². The third-order valence-corrected chi connectivity index (χ3v) is 2.25. The van der Waals surface area contributed by atoms with E-state index >= 15 is 0 Å². The van der Waals surface area contributed by atoms with Crippen LogP contribution in [-0.4, -0.2) is 14.8 Å². The molecule has 0 fully saturated rings. The number of thiazole rings is 1. The van der Waals surface area contributed by atoms with Gasteiger partial charge in [0.1, 0.15) is 5.00 Å². The fourth-order valence-electron chi connectivity index (χ4n) is 0.904. The van der Waals surface area contributed by atoms with E-state index < -0.39 is 0 Å². The summed E-state index contributed by atoms with van der Waals surface area (Å²) in [5.41, 5.74) is 6.51. The van der Waals surface area contributed by atoms with Crippen LogP contribution in [0.5, 0.6) is 0 Å². The molecule has 2 N–H and O–H groups in total. The zero-order chi connectivity index (χ0) is 8.55. The summed E-state index contributed by atoms with van der Waals surface area (Å²) >= 11 is 1.42. The van der Waals surface area contributed by atoms with Gasteiger partial charge in [0.25, 0.3) is 0 Å². The molecule has 0 unspecified atom stereocenters. The van der Waals surface area contributed by atoms with Gasteiger partial charge >= 0.3 is 0 Å². The molecule has 0 atom stereocenters. The highest BCUT2D eigenvalue weighted by molar-refractivity contribution is 7.17. The Morgan fingerprint density at radius 1 is 1.58 bits per heavy atom. The lowest BCUT2D eigenvalue weighted by Gasteiger charge is -1.91. The third kappa shape index (κ3) is 1.18. The second-order valence-corrected chi connectivity index (χ2v) is 3.49. The van der Waals surface area contributed by atoms with Crippen LogP contribution in [0.2, 0.25) is 0 Å². The van der Waals surface area contributed by atoms with Crippen LogP contribution in [0.1, 0.15) is 5.69 Å². The Labute approximate surface area is 73.7 Å². The Morgan fingerprint density at radius 3 is 2.92 bits per heavy atom. The van der Waals surface area contributed by atoms with Gasteiger partial charge in [-0.15, -0.1) is 0 Å². The quantitative estimate of drug-likeness (QED) is 0.717. The predicted octanol–water partition coefficient (Wildman–Crippen LogP) is 1.22. The number of hydrogen-bond acceptors (Lipinski definition) is 4. The van der Waals surface area contributed by atoms with Crippen LogP contribution in [0.15, 0.2) is 18.5 Å². The standard InChI is InChI=1S/C7H8N4S/c1-5-2-3-11(10-5)7-9-4-6(8)12-7/h2-4H,8H2,1H3. The lowest BCUT2D eigenvalue weighted by Crippen LogP contribution is -1.92. The van der Waals surface area contributed by atoms with E-state index in [-0.39, 0.29) is 0 Å². The maximum absolute atomic E-state index is 5.54. The number of aromatic nitrogens is 3. The summed E-state index contributed by atoms with van der Waals surface area (Å²) in [6, 6.07) is 1.93. The lowest BCUT2D eigenvalue weighted by atomic mass is 10.5. The summed E-state index contributed by atoms with van der Waals surface area (Å²) in [5, 5.41) is 5.72. The highest BCUT2D eigenvalue weighted by Gasteiger charge is 2.01. The molecule has 0 spiro atoms. The van der Waals surface area contributed by atoms with E-state index in [1.54, 1.807) is 10.9 Å². The Kier molecular flexibility index (Phi) is 1.58. The van der Waals surface area contributed by atoms with Crippen LogP contribution in [0, 0.1) is 6.92 Å². The maximum atomic E-state index is 5.54. The Balaban J connectivity index is 2.43. The zero-order valence-corrected chi connectivity index (χ0v) is 7.38. The van der Waals surface area contributed by atoms with Gasteiger partial charge in [-0.05, 0) is 13.0 Å². The number of nitrogens with two attached hydrogens (primary N) is 1. The molecule has 5 heteroatoms. The fourth-order valence-corrected chi connectivity index (χ4v) is 1.52. The minimum Gasteiger partial charge on any atom is -0.389 e. The average Bonchev–Trinajstić information content (AvgIpc) is 2.58. The molecular weight excluding hydrogens is 172 g/mol.